The number of nitrogens with zero attached hydrogens (tertiary/aromatic N) is 2. The SMILES string of the molecule is CCOC(=O)c1ccc(SCCN2CCCN(C(c3ccccc3)c3ccc(Cl)cc3)CC2)cc1. The van der Waals surface area contributed by atoms with Crippen molar-refractivity contribution in [3.63, 3.8) is 0 Å². The topological polar surface area (TPSA) is 32.8 Å². The summed E-state index contributed by atoms with van der Waals surface area (Å²) in [5, 5.41) is 0.774. The lowest BCUT2D eigenvalue weighted by Crippen LogP contribution is -2.34. The first kappa shape index (κ1) is 25.8. The molecule has 1 heterocycles. The number of benzene rings is 3. The number of thioether (sulfide) groups is 1. The van der Waals surface area contributed by atoms with E-state index >= 15 is 0 Å². The summed E-state index contributed by atoms with van der Waals surface area (Å²) in [6.07, 6.45) is 1.15. The molecule has 3 aromatic rings. The van der Waals surface area contributed by atoms with E-state index in [-0.39, 0.29) is 12.0 Å². The molecule has 35 heavy (non-hydrogen) atoms. The summed E-state index contributed by atoms with van der Waals surface area (Å²) >= 11 is 8.01. The van der Waals surface area contributed by atoms with Gasteiger partial charge in [0.15, 0.2) is 0 Å². The van der Waals surface area contributed by atoms with Crippen molar-refractivity contribution >= 4 is 29.3 Å². The zero-order chi connectivity index (χ0) is 24.5. The molecular weight excluding hydrogens is 476 g/mol. The van der Waals surface area contributed by atoms with E-state index in [1.165, 1.54) is 16.0 Å². The largest absolute Gasteiger partial charge is 0.462 e. The van der Waals surface area contributed by atoms with Crippen LogP contribution in [0.3, 0.4) is 0 Å². The zero-order valence-corrected chi connectivity index (χ0v) is 21.8. The number of rotatable bonds is 9. The molecular formula is C29H33ClN2O2S. The lowest BCUT2D eigenvalue weighted by atomic mass is 9.97. The summed E-state index contributed by atoms with van der Waals surface area (Å²) in [6.45, 7) is 7.54. The van der Waals surface area contributed by atoms with Crippen LogP contribution in [0.4, 0.5) is 0 Å². The van der Waals surface area contributed by atoms with Crippen LogP contribution in [0, 0.1) is 0 Å². The zero-order valence-electron chi connectivity index (χ0n) is 20.2. The highest BCUT2D eigenvalue weighted by Crippen LogP contribution is 2.30. The van der Waals surface area contributed by atoms with E-state index in [0.29, 0.717) is 12.2 Å². The molecule has 1 aliphatic heterocycles. The molecule has 184 valence electrons. The number of carbonyl (C=O) groups excluding carboxylic acids is 1. The Kier molecular flexibility index (Phi) is 9.66. The number of hydrogen-bond donors (Lipinski definition) is 0. The molecule has 4 rings (SSSR count). The van der Waals surface area contributed by atoms with Gasteiger partial charge >= 0.3 is 5.97 Å². The average Bonchev–Trinajstić information content (AvgIpc) is 3.12. The first-order chi connectivity index (χ1) is 17.1. The fraction of sp³-hybridized carbons (Fsp3) is 0.345. The van der Waals surface area contributed by atoms with Crippen molar-refractivity contribution in [2.45, 2.75) is 24.3 Å². The van der Waals surface area contributed by atoms with Gasteiger partial charge in [-0.05, 0) is 67.4 Å². The van der Waals surface area contributed by atoms with Crippen LogP contribution in [0.2, 0.25) is 5.02 Å². The second kappa shape index (κ2) is 13.1. The van der Waals surface area contributed by atoms with Crippen molar-refractivity contribution < 1.29 is 9.53 Å². The maximum atomic E-state index is 11.8. The van der Waals surface area contributed by atoms with Crippen LogP contribution in [-0.4, -0.2) is 60.9 Å². The molecule has 0 bridgehead atoms. The summed E-state index contributed by atoms with van der Waals surface area (Å²) < 4.78 is 5.06. The number of esters is 1. The Labute approximate surface area is 218 Å². The van der Waals surface area contributed by atoms with Gasteiger partial charge < -0.3 is 9.64 Å². The molecule has 4 nitrogen and oxygen atoms in total. The van der Waals surface area contributed by atoms with Gasteiger partial charge in [-0.1, -0.05) is 54.1 Å². The van der Waals surface area contributed by atoms with Gasteiger partial charge in [0, 0.05) is 41.8 Å². The third-order valence-corrected chi connectivity index (χ3v) is 7.58. The Bertz CT molecular complexity index is 1060. The Balaban J connectivity index is 1.33. The summed E-state index contributed by atoms with van der Waals surface area (Å²) in [5.74, 6) is 0.767. The molecule has 0 N–H and O–H groups in total. The lowest BCUT2D eigenvalue weighted by molar-refractivity contribution is 0.0526. The summed E-state index contributed by atoms with van der Waals surface area (Å²) in [4.78, 5) is 18.2. The summed E-state index contributed by atoms with van der Waals surface area (Å²) in [7, 11) is 0. The quantitative estimate of drug-likeness (QED) is 0.246. The monoisotopic (exact) mass is 508 g/mol. The molecule has 6 heteroatoms. The van der Waals surface area contributed by atoms with Crippen molar-refractivity contribution in [2.24, 2.45) is 0 Å². The van der Waals surface area contributed by atoms with Crippen LogP contribution in [0.5, 0.6) is 0 Å². The fourth-order valence-electron chi connectivity index (χ4n) is 4.56. The van der Waals surface area contributed by atoms with Gasteiger partial charge in [-0.3, -0.25) is 4.90 Å². The predicted molar refractivity (Wildman–Crippen MR) is 145 cm³/mol. The molecule has 0 spiro atoms. The maximum absolute atomic E-state index is 11.8. The van der Waals surface area contributed by atoms with E-state index in [9.17, 15) is 4.79 Å². The number of ether oxygens (including phenoxy) is 1. The summed E-state index contributed by atoms with van der Waals surface area (Å²) in [5.41, 5.74) is 3.22. The van der Waals surface area contributed by atoms with Gasteiger partial charge in [0.05, 0.1) is 18.2 Å². The van der Waals surface area contributed by atoms with Crippen LogP contribution in [0.1, 0.15) is 40.9 Å². The van der Waals surface area contributed by atoms with Crippen LogP contribution in [-0.2, 0) is 4.74 Å². The second-order valence-corrected chi connectivity index (χ2v) is 10.3. The highest BCUT2D eigenvalue weighted by Gasteiger charge is 2.25. The van der Waals surface area contributed by atoms with Crippen molar-refractivity contribution in [1.29, 1.82) is 0 Å². The Morgan fingerprint density at radius 2 is 1.63 bits per heavy atom. The van der Waals surface area contributed by atoms with E-state index in [0.717, 1.165) is 49.9 Å². The standard InChI is InChI=1S/C29H33ClN2O2S/c1-2-34-29(33)25-11-15-27(16-12-25)35-22-21-31-17-6-18-32(20-19-31)28(23-7-4-3-5-8-23)24-9-13-26(30)14-10-24/h3-5,7-16,28H,2,6,17-22H2,1H3. The fourth-order valence-corrected chi connectivity index (χ4v) is 5.60. The Morgan fingerprint density at radius 1 is 0.914 bits per heavy atom. The van der Waals surface area contributed by atoms with E-state index in [1.807, 2.05) is 55.1 Å². The Morgan fingerprint density at radius 3 is 2.34 bits per heavy atom. The number of halogens is 1. The van der Waals surface area contributed by atoms with Gasteiger partial charge in [-0.15, -0.1) is 11.8 Å². The van der Waals surface area contributed by atoms with E-state index < -0.39 is 0 Å². The van der Waals surface area contributed by atoms with Crippen molar-refractivity contribution in [1.82, 2.24) is 9.80 Å². The highest BCUT2D eigenvalue weighted by atomic mass is 35.5. The van der Waals surface area contributed by atoms with Crippen LogP contribution < -0.4 is 0 Å². The minimum atomic E-state index is -0.259. The van der Waals surface area contributed by atoms with Gasteiger partial charge in [0.25, 0.3) is 0 Å². The van der Waals surface area contributed by atoms with Crippen LogP contribution >= 0.6 is 23.4 Å². The number of carbonyl (C=O) groups is 1. The van der Waals surface area contributed by atoms with Gasteiger partial charge in [0.2, 0.25) is 0 Å². The molecule has 0 aromatic heterocycles. The molecule has 0 amide bonds. The first-order valence-corrected chi connectivity index (χ1v) is 13.7. The van der Waals surface area contributed by atoms with Crippen molar-refractivity contribution in [2.75, 3.05) is 45.1 Å². The molecule has 0 aliphatic carbocycles. The average molecular weight is 509 g/mol. The van der Waals surface area contributed by atoms with E-state index in [1.54, 1.807) is 0 Å². The Hall–Kier alpha value is -2.31. The predicted octanol–water partition coefficient (Wildman–Crippen LogP) is 6.41. The maximum Gasteiger partial charge on any atom is 0.338 e. The van der Waals surface area contributed by atoms with E-state index in [4.69, 9.17) is 16.3 Å². The minimum absolute atomic E-state index is 0.237. The van der Waals surface area contributed by atoms with Crippen molar-refractivity contribution in [3.05, 3.63) is 101 Å². The van der Waals surface area contributed by atoms with Crippen LogP contribution in [0.15, 0.2) is 83.8 Å². The first-order valence-electron chi connectivity index (χ1n) is 12.3. The molecule has 0 radical (unpaired) electrons. The molecule has 1 fully saturated rings. The molecule has 1 unspecified atom stereocenters. The lowest BCUT2D eigenvalue weighted by Gasteiger charge is -2.31. The molecule has 1 atom stereocenters. The van der Waals surface area contributed by atoms with Crippen molar-refractivity contribution in [3.8, 4) is 0 Å². The van der Waals surface area contributed by atoms with Gasteiger partial charge in [-0.2, -0.15) is 0 Å². The van der Waals surface area contributed by atoms with Gasteiger partial charge in [0.1, 0.15) is 0 Å². The van der Waals surface area contributed by atoms with Crippen LogP contribution in [0.25, 0.3) is 0 Å². The molecule has 1 aliphatic rings. The third-order valence-electron chi connectivity index (χ3n) is 6.33. The molecule has 0 saturated carbocycles. The third kappa shape index (κ3) is 7.34. The second-order valence-electron chi connectivity index (χ2n) is 8.69. The normalized spacial score (nSPS) is 15.9. The molecule has 1 saturated heterocycles. The van der Waals surface area contributed by atoms with E-state index in [2.05, 4.69) is 52.3 Å². The highest BCUT2D eigenvalue weighted by molar-refractivity contribution is 7.99. The van der Waals surface area contributed by atoms with Gasteiger partial charge in [-0.25, -0.2) is 4.79 Å². The smallest absolute Gasteiger partial charge is 0.338 e. The number of hydrogen-bond acceptors (Lipinski definition) is 5. The molecule has 3 aromatic carbocycles. The minimum Gasteiger partial charge on any atom is -0.462 e. The summed E-state index contributed by atoms with van der Waals surface area (Å²) in [6, 6.07) is 27.1.